The average Bonchev–Trinajstić information content (AvgIpc) is 3.12. The summed E-state index contributed by atoms with van der Waals surface area (Å²) < 4.78 is 2.18. The van der Waals surface area contributed by atoms with E-state index >= 15 is 0 Å². The summed E-state index contributed by atoms with van der Waals surface area (Å²) in [6.45, 7) is 4.57. The number of aromatic nitrogens is 3. The minimum atomic E-state index is 0.430. The predicted molar refractivity (Wildman–Crippen MR) is 120 cm³/mol. The Kier molecular flexibility index (Phi) is 11.6. The van der Waals surface area contributed by atoms with E-state index in [1.807, 2.05) is 6.07 Å². The van der Waals surface area contributed by atoms with Crippen LogP contribution in [0.3, 0.4) is 0 Å². The molecule has 4 heteroatoms. The number of benzene rings is 1. The van der Waals surface area contributed by atoms with E-state index in [0.29, 0.717) is 5.37 Å². The van der Waals surface area contributed by atoms with E-state index in [1.54, 1.807) is 0 Å². The number of thioether (sulfide) groups is 1. The molecule has 0 radical (unpaired) electrons. The Morgan fingerprint density at radius 3 is 2.19 bits per heavy atom. The second kappa shape index (κ2) is 14.0. The van der Waals surface area contributed by atoms with Gasteiger partial charge in [0.15, 0.2) is 0 Å². The summed E-state index contributed by atoms with van der Waals surface area (Å²) in [6, 6.07) is 8.38. The second-order valence-corrected chi connectivity index (χ2v) is 8.96. The molecule has 1 unspecified atom stereocenters. The Hall–Kier alpha value is -1.03. The van der Waals surface area contributed by atoms with Gasteiger partial charge in [0.1, 0.15) is 5.52 Å². The molecule has 0 saturated heterocycles. The van der Waals surface area contributed by atoms with E-state index in [-0.39, 0.29) is 0 Å². The van der Waals surface area contributed by atoms with Crippen LogP contribution in [0.5, 0.6) is 0 Å². The van der Waals surface area contributed by atoms with Gasteiger partial charge >= 0.3 is 0 Å². The number of rotatable bonds is 16. The highest BCUT2D eigenvalue weighted by Gasteiger charge is 2.15. The first-order valence-electron chi connectivity index (χ1n) is 11.3. The molecule has 0 saturated carbocycles. The lowest BCUT2D eigenvalue weighted by atomic mass is 10.1. The predicted octanol–water partition coefficient (Wildman–Crippen LogP) is 7.77. The lowest BCUT2D eigenvalue weighted by molar-refractivity contribution is 0.511. The first-order valence-corrected chi connectivity index (χ1v) is 12.3. The summed E-state index contributed by atoms with van der Waals surface area (Å²) in [5.41, 5.74) is 2.20. The van der Waals surface area contributed by atoms with Gasteiger partial charge in [-0.1, -0.05) is 102 Å². The van der Waals surface area contributed by atoms with Gasteiger partial charge in [-0.3, -0.25) is 0 Å². The fourth-order valence-electron chi connectivity index (χ4n) is 3.58. The van der Waals surface area contributed by atoms with Crippen LogP contribution in [-0.2, 0) is 0 Å². The summed E-state index contributed by atoms with van der Waals surface area (Å²) in [7, 11) is 0. The largest absolute Gasteiger partial charge is 0.232 e. The van der Waals surface area contributed by atoms with Crippen LogP contribution in [0.25, 0.3) is 11.0 Å². The molecule has 1 atom stereocenters. The molecule has 0 aliphatic carbocycles. The normalized spacial score (nSPS) is 12.7. The summed E-state index contributed by atoms with van der Waals surface area (Å²) >= 11 is 2.09. The Morgan fingerprint density at radius 1 is 0.815 bits per heavy atom. The van der Waals surface area contributed by atoms with E-state index in [9.17, 15) is 0 Å². The Bertz CT molecular complexity index is 610. The van der Waals surface area contributed by atoms with Crippen molar-refractivity contribution < 1.29 is 0 Å². The van der Waals surface area contributed by atoms with Crippen LogP contribution in [0.2, 0.25) is 0 Å². The molecule has 0 aliphatic rings. The fourth-order valence-corrected chi connectivity index (χ4v) is 4.85. The molecule has 27 heavy (non-hydrogen) atoms. The molecule has 0 bridgehead atoms. The molecule has 0 amide bonds. The van der Waals surface area contributed by atoms with Gasteiger partial charge < -0.3 is 0 Å². The lowest BCUT2D eigenvalue weighted by Gasteiger charge is -2.17. The number of nitrogens with zero attached hydrogens (tertiary/aromatic N) is 3. The van der Waals surface area contributed by atoms with E-state index in [0.717, 1.165) is 5.52 Å². The van der Waals surface area contributed by atoms with Crippen molar-refractivity contribution in [3.63, 3.8) is 0 Å². The van der Waals surface area contributed by atoms with E-state index < -0.39 is 0 Å². The molecular weight excluding hydrogens is 350 g/mol. The molecule has 0 fully saturated rings. The molecule has 2 aromatic rings. The number of unbranched alkanes of at least 4 members (excludes halogenated alkanes) is 10. The fraction of sp³-hybridized carbons (Fsp3) is 0.739. The summed E-state index contributed by atoms with van der Waals surface area (Å²) in [6.07, 6.45) is 17.5. The molecular formula is C23H39N3S. The number of hydrogen-bond donors (Lipinski definition) is 0. The third-order valence-electron chi connectivity index (χ3n) is 5.26. The van der Waals surface area contributed by atoms with E-state index in [4.69, 9.17) is 0 Å². The smallest absolute Gasteiger partial charge is 0.113 e. The van der Waals surface area contributed by atoms with Crippen LogP contribution in [0.1, 0.15) is 103 Å². The van der Waals surface area contributed by atoms with Crippen LogP contribution in [0.4, 0.5) is 0 Å². The van der Waals surface area contributed by atoms with Gasteiger partial charge in [-0.15, -0.1) is 16.9 Å². The zero-order chi connectivity index (χ0) is 19.2. The standard InChI is InChI=1S/C23H39N3S/c1-3-5-7-9-11-13-19-23(27-20-16-12-10-8-6-4-2)26-22-18-15-14-17-21(22)24-25-26/h14-15,17-18,23H,3-13,16,19-20H2,1-2H3. The Labute approximate surface area is 170 Å². The molecule has 3 nitrogen and oxygen atoms in total. The van der Waals surface area contributed by atoms with Crippen LogP contribution < -0.4 is 0 Å². The average molecular weight is 390 g/mol. The SMILES string of the molecule is CCCCCCCCSC(CCCCCCCC)n1nnc2ccccc21. The first-order chi connectivity index (χ1) is 13.4. The first kappa shape index (κ1) is 22.3. The van der Waals surface area contributed by atoms with Crippen molar-refractivity contribution in [3.8, 4) is 0 Å². The van der Waals surface area contributed by atoms with E-state index in [1.165, 1.54) is 94.7 Å². The van der Waals surface area contributed by atoms with Gasteiger partial charge in [-0.25, -0.2) is 4.68 Å². The number of fused-ring (bicyclic) bond motifs is 1. The summed E-state index contributed by atoms with van der Waals surface area (Å²) in [5, 5.41) is 9.33. The van der Waals surface area contributed by atoms with Crippen LogP contribution >= 0.6 is 11.8 Å². The van der Waals surface area contributed by atoms with Crippen LogP contribution in [-0.4, -0.2) is 20.7 Å². The highest BCUT2D eigenvalue weighted by molar-refractivity contribution is 7.99. The lowest BCUT2D eigenvalue weighted by Crippen LogP contribution is -2.08. The zero-order valence-corrected chi connectivity index (χ0v) is 18.4. The topological polar surface area (TPSA) is 30.7 Å². The molecule has 1 aromatic carbocycles. The van der Waals surface area contributed by atoms with Gasteiger partial charge in [0, 0.05) is 0 Å². The third kappa shape index (κ3) is 8.25. The number of hydrogen-bond acceptors (Lipinski definition) is 3. The quantitative estimate of drug-likeness (QED) is 0.275. The third-order valence-corrected chi connectivity index (χ3v) is 6.61. The van der Waals surface area contributed by atoms with Crippen molar-refractivity contribution in [1.82, 2.24) is 15.0 Å². The minimum Gasteiger partial charge on any atom is -0.232 e. The van der Waals surface area contributed by atoms with Crippen molar-refractivity contribution in [2.24, 2.45) is 0 Å². The monoisotopic (exact) mass is 389 g/mol. The molecule has 1 aromatic heterocycles. The summed E-state index contributed by atoms with van der Waals surface area (Å²) in [4.78, 5) is 0. The molecule has 0 N–H and O–H groups in total. The minimum absolute atomic E-state index is 0.430. The van der Waals surface area contributed by atoms with Crippen molar-refractivity contribution in [2.45, 2.75) is 103 Å². The van der Waals surface area contributed by atoms with Crippen LogP contribution in [0.15, 0.2) is 24.3 Å². The molecule has 0 aliphatic heterocycles. The number of para-hydroxylation sites is 1. The zero-order valence-electron chi connectivity index (χ0n) is 17.5. The molecule has 152 valence electrons. The highest BCUT2D eigenvalue weighted by atomic mass is 32.2. The van der Waals surface area contributed by atoms with Crippen molar-refractivity contribution in [2.75, 3.05) is 5.75 Å². The van der Waals surface area contributed by atoms with Gasteiger partial charge in [-0.2, -0.15) is 0 Å². The van der Waals surface area contributed by atoms with Crippen LogP contribution in [0, 0.1) is 0 Å². The van der Waals surface area contributed by atoms with Gasteiger partial charge in [0.25, 0.3) is 0 Å². The molecule has 1 heterocycles. The maximum absolute atomic E-state index is 4.51. The van der Waals surface area contributed by atoms with Crippen molar-refractivity contribution in [3.05, 3.63) is 24.3 Å². The van der Waals surface area contributed by atoms with Crippen molar-refractivity contribution in [1.29, 1.82) is 0 Å². The Balaban J connectivity index is 1.83. The maximum Gasteiger partial charge on any atom is 0.113 e. The van der Waals surface area contributed by atoms with Gasteiger partial charge in [0.2, 0.25) is 0 Å². The summed E-state index contributed by atoms with van der Waals surface area (Å²) in [5.74, 6) is 1.24. The van der Waals surface area contributed by atoms with E-state index in [2.05, 4.69) is 58.8 Å². The highest BCUT2D eigenvalue weighted by Crippen LogP contribution is 2.31. The van der Waals surface area contributed by atoms with Gasteiger partial charge in [-0.05, 0) is 30.7 Å². The molecule has 2 rings (SSSR count). The van der Waals surface area contributed by atoms with Crippen molar-refractivity contribution >= 4 is 22.8 Å². The second-order valence-electron chi connectivity index (χ2n) is 7.67. The Morgan fingerprint density at radius 2 is 1.44 bits per heavy atom. The molecule has 0 spiro atoms. The van der Waals surface area contributed by atoms with Gasteiger partial charge in [0.05, 0.1) is 10.9 Å². The maximum atomic E-state index is 4.51.